The summed E-state index contributed by atoms with van der Waals surface area (Å²) >= 11 is 1.60. The van der Waals surface area contributed by atoms with Crippen LogP contribution in [0, 0.1) is 13.8 Å². The third-order valence-electron chi connectivity index (χ3n) is 5.08. The highest BCUT2D eigenvalue weighted by Crippen LogP contribution is 2.35. The van der Waals surface area contributed by atoms with Gasteiger partial charge in [-0.1, -0.05) is 5.16 Å². The molecule has 0 bridgehead atoms. The Hall–Kier alpha value is -3.59. The van der Waals surface area contributed by atoms with Gasteiger partial charge in [-0.3, -0.25) is 4.79 Å². The number of aromatic nitrogens is 2. The molecule has 1 amide bonds. The summed E-state index contributed by atoms with van der Waals surface area (Å²) in [5.74, 6) is 1.41. The lowest BCUT2D eigenvalue weighted by molar-refractivity contribution is 0.0952. The number of ether oxygens (including phenoxy) is 3. The van der Waals surface area contributed by atoms with Gasteiger partial charge in [0.2, 0.25) is 0 Å². The molecule has 3 aromatic heterocycles. The predicted octanol–water partition coefficient (Wildman–Crippen LogP) is 4.52. The van der Waals surface area contributed by atoms with Crippen molar-refractivity contribution < 1.29 is 23.5 Å². The third kappa shape index (κ3) is 3.99. The smallest absolute Gasteiger partial charge is 0.259 e. The van der Waals surface area contributed by atoms with E-state index in [-0.39, 0.29) is 12.5 Å². The van der Waals surface area contributed by atoms with Crippen LogP contribution >= 0.6 is 11.3 Å². The van der Waals surface area contributed by atoms with Gasteiger partial charge in [0.05, 0.1) is 48.5 Å². The third-order valence-corrected chi connectivity index (χ3v) is 6.10. The average Bonchev–Trinajstić information content (AvgIpc) is 3.41. The van der Waals surface area contributed by atoms with Gasteiger partial charge in [0.15, 0.2) is 11.5 Å². The highest BCUT2D eigenvalue weighted by atomic mass is 32.1. The molecule has 0 saturated carbocycles. The summed E-state index contributed by atoms with van der Waals surface area (Å²) in [6, 6.07) is 9.28. The molecule has 3 heterocycles. The molecular formula is C23H23N3O5S. The average molecular weight is 454 g/mol. The fourth-order valence-corrected chi connectivity index (χ4v) is 4.30. The van der Waals surface area contributed by atoms with Crippen LogP contribution < -0.4 is 19.5 Å². The second-order valence-corrected chi connectivity index (χ2v) is 8.40. The standard InChI is InChI=1S/C23H23N3O5S/c1-12-6-7-20(32-12)16-9-15(21-13(2)26-31-23(21)25-16)22(27)24-11-14-8-18(29-4)19(30-5)10-17(14)28-3/h6-10H,11H2,1-5H3,(H,24,27). The van der Waals surface area contributed by atoms with Crippen LogP contribution in [0.1, 0.15) is 26.5 Å². The second-order valence-electron chi connectivity index (χ2n) is 7.12. The van der Waals surface area contributed by atoms with Gasteiger partial charge in [-0.05, 0) is 38.1 Å². The Morgan fingerprint density at radius 1 is 1.03 bits per heavy atom. The molecule has 0 radical (unpaired) electrons. The minimum atomic E-state index is -0.268. The van der Waals surface area contributed by atoms with Crippen LogP contribution in [0.15, 0.2) is 34.9 Å². The molecule has 166 valence electrons. The van der Waals surface area contributed by atoms with E-state index in [1.54, 1.807) is 57.8 Å². The van der Waals surface area contributed by atoms with Crippen molar-refractivity contribution >= 4 is 28.3 Å². The Morgan fingerprint density at radius 2 is 1.75 bits per heavy atom. The fourth-order valence-electron chi connectivity index (χ4n) is 3.47. The van der Waals surface area contributed by atoms with Crippen LogP contribution in [0.5, 0.6) is 17.2 Å². The lowest BCUT2D eigenvalue weighted by Gasteiger charge is -2.15. The van der Waals surface area contributed by atoms with Gasteiger partial charge in [0.1, 0.15) is 5.75 Å². The van der Waals surface area contributed by atoms with Crippen molar-refractivity contribution in [3.8, 4) is 27.8 Å². The van der Waals surface area contributed by atoms with Gasteiger partial charge >= 0.3 is 0 Å². The molecule has 0 saturated heterocycles. The summed E-state index contributed by atoms with van der Waals surface area (Å²) in [6.45, 7) is 4.04. The van der Waals surface area contributed by atoms with Gasteiger partial charge < -0.3 is 24.1 Å². The number of carbonyl (C=O) groups excluding carboxylic acids is 1. The molecule has 0 aliphatic carbocycles. The number of aryl methyl sites for hydroxylation is 2. The maximum Gasteiger partial charge on any atom is 0.259 e. The number of methoxy groups -OCH3 is 3. The van der Waals surface area contributed by atoms with Crippen molar-refractivity contribution in [2.75, 3.05) is 21.3 Å². The van der Waals surface area contributed by atoms with Gasteiger partial charge in [0, 0.05) is 23.1 Å². The summed E-state index contributed by atoms with van der Waals surface area (Å²) in [6.07, 6.45) is 0. The summed E-state index contributed by atoms with van der Waals surface area (Å²) in [5.41, 5.74) is 2.81. The van der Waals surface area contributed by atoms with E-state index in [1.807, 2.05) is 19.1 Å². The molecule has 0 atom stereocenters. The van der Waals surface area contributed by atoms with E-state index in [9.17, 15) is 4.79 Å². The number of fused-ring (bicyclic) bond motifs is 1. The number of carbonyl (C=O) groups is 1. The predicted molar refractivity (Wildman–Crippen MR) is 122 cm³/mol. The van der Waals surface area contributed by atoms with Crippen molar-refractivity contribution in [1.29, 1.82) is 0 Å². The molecule has 0 fully saturated rings. The Morgan fingerprint density at radius 3 is 2.41 bits per heavy atom. The molecule has 9 heteroatoms. The zero-order valence-corrected chi connectivity index (χ0v) is 19.3. The van der Waals surface area contributed by atoms with Crippen LogP contribution in [0.25, 0.3) is 21.7 Å². The van der Waals surface area contributed by atoms with E-state index in [1.165, 1.54) is 0 Å². The van der Waals surface area contributed by atoms with Crippen LogP contribution in [-0.2, 0) is 6.54 Å². The van der Waals surface area contributed by atoms with Crippen molar-refractivity contribution in [2.24, 2.45) is 0 Å². The first-order chi connectivity index (χ1) is 15.4. The van der Waals surface area contributed by atoms with E-state index in [2.05, 4.69) is 15.5 Å². The van der Waals surface area contributed by atoms with E-state index in [4.69, 9.17) is 18.7 Å². The lowest BCUT2D eigenvalue weighted by Crippen LogP contribution is -2.23. The molecule has 0 unspecified atom stereocenters. The minimum Gasteiger partial charge on any atom is -0.496 e. The van der Waals surface area contributed by atoms with Crippen molar-refractivity contribution in [3.05, 3.63) is 52.0 Å². The Labute approximate surface area is 189 Å². The Bertz CT molecular complexity index is 1290. The van der Waals surface area contributed by atoms with Crippen molar-refractivity contribution in [3.63, 3.8) is 0 Å². The van der Waals surface area contributed by atoms with Crippen molar-refractivity contribution in [1.82, 2.24) is 15.5 Å². The quantitative estimate of drug-likeness (QED) is 0.439. The number of nitrogens with zero attached hydrogens (tertiary/aromatic N) is 2. The lowest BCUT2D eigenvalue weighted by atomic mass is 10.1. The normalized spacial score (nSPS) is 10.9. The zero-order chi connectivity index (χ0) is 22.8. The second kappa shape index (κ2) is 8.88. The number of nitrogens with one attached hydrogen (secondary N) is 1. The van der Waals surface area contributed by atoms with E-state index >= 15 is 0 Å². The molecule has 8 nitrogen and oxygen atoms in total. The summed E-state index contributed by atoms with van der Waals surface area (Å²) in [7, 11) is 4.68. The summed E-state index contributed by atoms with van der Waals surface area (Å²) in [4.78, 5) is 19.9. The number of hydrogen-bond donors (Lipinski definition) is 1. The van der Waals surface area contributed by atoms with E-state index in [0.717, 1.165) is 15.3 Å². The summed E-state index contributed by atoms with van der Waals surface area (Å²) in [5, 5.41) is 7.56. The highest BCUT2D eigenvalue weighted by Gasteiger charge is 2.20. The van der Waals surface area contributed by atoms with Crippen LogP contribution in [0.2, 0.25) is 0 Å². The monoisotopic (exact) mass is 453 g/mol. The molecular weight excluding hydrogens is 430 g/mol. The molecule has 4 aromatic rings. The summed E-state index contributed by atoms with van der Waals surface area (Å²) < 4.78 is 21.5. The van der Waals surface area contributed by atoms with Crippen LogP contribution in [0.4, 0.5) is 0 Å². The fraction of sp³-hybridized carbons (Fsp3) is 0.261. The minimum absolute atomic E-state index is 0.226. The number of rotatable bonds is 7. The zero-order valence-electron chi connectivity index (χ0n) is 18.4. The first kappa shape index (κ1) is 21.6. The number of amides is 1. The highest BCUT2D eigenvalue weighted by molar-refractivity contribution is 7.15. The molecule has 32 heavy (non-hydrogen) atoms. The van der Waals surface area contributed by atoms with Crippen molar-refractivity contribution in [2.45, 2.75) is 20.4 Å². The van der Waals surface area contributed by atoms with Crippen LogP contribution in [-0.4, -0.2) is 37.4 Å². The van der Waals surface area contributed by atoms with E-state index < -0.39 is 0 Å². The number of pyridine rings is 1. The molecule has 4 rings (SSSR count). The first-order valence-corrected chi connectivity index (χ1v) is 10.7. The number of hydrogen-bond acceptors (Lipinski definition) is 8. The SMILES string of the molecule is COc1cc(OC)c(OC)cc1CNC(=O)c1cc(-c2ccc(C)s2)nc2onc(C)c12. The van der Waals surface area contributed by atoms with Crippen LogP contribution in [0.3, 0.4) is 0 Å². The maximum absolute atomic E-state index is 13.2. The van der Waals surface area contributed by atoms with Gasteiger partial charge in [-0.2, -0.15) is 0 Å². The Kier molecular flexibility index (Phi) is 6.00. The molecule has 0 aliphatic heterocycles. The van der Waals surface area contributed by atoms with E-state index in [0.29, 0.717) is 45.3 Å². The first-order valence-electron chi connectivity index (χ1n) is 9.86. The largest absolute Gasteiger partial charge is 0.496 e. The van der Waals surface area contributed by atoms with Gasteiger partial charge in [0.25, 0.3) is 11.6 Å². The maximum atomic E-state index is 13.2. The molecule has 1 aromatic carbocycles. The molecule has 0 aliphatic rings. The number of thiophene rings is 1. The number of benzene rings is 1. The van der Waals surface area contributed by atoms with Gasteiger partial charge in [-0.15, -0.1) is 11.3 Å². The van der Waals surface area contributed by atoms with Gasteiger partial charge in [-0.25, -0.2) is 4.98 Å². The molecule has 1 N–H and O–H groups in total. The Balaban J connectivity index is 1.68. The molecule has 0 spiro atoms. The topological polar surface area (TPSA) is 95.7 Å².